The summed E-state index contributed by atoms with van der Waals surface area (Å²) in [5.74, 6) is 0.499. The lowest BCUT2D eigenvalue weighted by atomic mass is 10.3. The van der Waals surface area contributed by atoms with Gasteiger partial charge in [0.1, 0.15) is 0 Å². The predicted octanol–water partition coefficient (Wildman–Crippen LogP) is 2.09. The fraction of sp³-hybridized carbons (Fsp3) is 0.800. The summed E-state index contributed by atoms with van der Waals surface area (Å²) in [6.45, 7) is 5.98. The van der Waals surface area contributed by atoms with Crippen molar-refractivity contribution in [2.45, 2.75) is 19.8 Å². The first-order valence-electron chi connectivity index (χ1n) is 5.05. The summed E-state index contributed by atoms with van der Waals surface area (Å²) in [5, 5.41) is 0. The number of halogens is 1. The first kappa shape index (κ1) is 14.9. The summed E-state index contributed by atoms with van der Waals surface area (Å²) in [4.78, 5) is 0. The van der Waals surface area contributed by atoms with Gasteiger partial charge < -0.3 is 0 Å². The Morgan fingerprint density at radius 2 is 2.13 bits per heavy atom. The number of unbranched alkanes of at least 4 members (excludes halogenated alkanes) is 1. The molecule has 0 N–H and O–H groups in total. The summed E-state index contributed by atoms with van der Waals surface area (Å²) in [5.41, 5.74) is 0. The molecule has 0 amide bonds. The van der Waals surface area contributed by atoms with Crippen LogP contribution in [0.5, 0.6) is 0 Å². The Balaban J connectivity index is 4.14. The summed E-state index contributed by atoms with van der Waals surface area (Å²) < 4.78 is 24.9. The molecule has 0 heterocycles. The number of rotatable bonds is 8. The molecule has 3 nitrogen and oxygen atoms in total. The molecule has 0 rings (SSSR count). The van der Waals surface area contributed by atoms with Crippen LogP contribution in [0.25, 0.3) is 0 Å². The summed E-state index contributed by atoms with van der Waals surface area (Å²) in [6, 6.07) is 0. The zero-order chi connectivity index (χ0) is 11.9. The normalized spacial score (nSPS) is 14.1. The molecular formula is C10H20ClNO2S. The van der Waals surface area contributed by atoms with Gasteiger partial charge in [0.05, 0.1) is 5.75 Å². The van der Waals surface area contributed by atoms with Crippen LogP contribution in [0.4, 0.5) is 0 Å². The summed E-state index contributed by atoms with van der Waals surface area (Å²) in [6.07, 6.45) is 3.45. The number of nitrogens with zero attached hydrogens (tertiary/aromatic N) is 1. The van der Waals surface area contributed by atoms with Crippen LogP contribution in [0.1, 0.15) is 19.8 Å². The molecule has 90 valence electrons. The fourth-order valence-corrected chi connectivity index (χ4v) is 2.87. The Kier molecular flexibility index (Phi) is 7.22. The lowest BCUT2D eigenvalue weighted by molar-refractivity contribution is 0.457. The quantitative estimate of drug-likeness (QED) is 0.377. The van der Waals surface area contributed by atoms with E-state index in [1.165, 1.54) is 4.31 Å². The molecule has 0 spiro atoms. The van der Waals surface area contributed by atoms with E-state index in [1.807, 2.05) is 6.92 Å². The van der Waals surface area contributed by atoms with Gasteiger partial charge in [0.25, 0.3) is 0 Å². The number of allylic oxidation sites excluding steroid dienone is 1. The van der Waals surface area contributed by atoms with Crippen LogP contribution < -0.4 is 0 Å². The molecule has 5 heteroatoms. The van der Waals surface area contributed by atoms with Crippen molar-refractivity contribution < 1.29 is 8.42 Å². The number of alkyl halides is 1. The second kappa shape index (κ2) is 7.25. The smallest absolute Gasteiger partial charge is 0.212 e. The second-order valence-electron chi connectivity index (χ2n) is 3.79. The van der Waals surface area contributed by atoms with Gasteiger partial charge in [-0.1, -0.05) is 13.0 Å². The van der Waals surface area contributed by atoms with Crippen molar-refractivity contribution in [2.75, 3.05) is 25.2 Å². The zero-order valence-electron chi connectivity index (χ0n) is 9.45. The van der Waals surface area contributed by atoms with E-state index < -0.39 is 10.0 Å². The van der Waals surface area contributed by atoms with Crippen molar-refractivity contribution in [3.63, 3.8) is 0 Å². The molecule has 0 bridgehead atoms. The maximum absolute atomic E-state index is 11.7. The lowest BCUT2D eigenvalue weighted by Gasteiger charge is -2.18. The Morgan fingerprint density at radius 3 is 2.60 bits per heavy atom. The van der Waals surface area contributed by atoms with Crippen molar-refractivity contribution in [2.24, 2.45) is 5.92 Å². The largest absolute Gasteiger partial charge is 0.214 e. The van der Waals surface area contributed by atoms with E-state index >= 15 is 0 Å². The van der Waals surface area contributed by atoms with Gasteiger partial charge >= 0.3 is 0 Å². The van der Waals surface area contributed by atoms with Crippen molar-refractivity contribution in [3.05, 3.63) is 12.7 Å². The molecule has 0 aliphatic heterocycles. The van der Waals surface area contributed by atoms with Crippen LogP contribution in [0.3, 0.4) is 0 Å². The monoisotopic (exact) mass is 253 g/mol. The topological polar surface area (TPSA) is 37.4 Å². The molecule has 0 aliphatic rings. The van der Waals surface area contributed by atoms with Gasteiger partial charge in [-0.2, -0.15) is 0 Å². The molecular weight excluding hydrogens is 234 g/mol. The molecule has 0 saturated heterocycles. The summed E-state index contributed by atoms with van der Waals surface area (Å²) in [7, 11) is -1.53. The fourth-order valence-electron chi connectivity index (χ4n) is 1.13. The Labute approximate surface area is 98.2 Å². The van der Waals surface area contributed by atoms with Crippen LogP contribution in [0, 0.1) is 5.92 Å². The second-order valence-corrected chi connectivity index (χ2v) is 6.22. The molecule has 0 aromatic carbocycles. The van der Waals surface area contributed by atoms with Crippen LogP contribution in [-0.4, -0.2) is 37.9 Å². The van der Waals surface area contributed by atoms with Crippen molar-refractivity contribution in [1.29, 1.82) is 0 Å². The molecule has 1 atom stereocenters. The van der Waals surface area contributed by atoms with E-state index in [0.29, 0.717) is 12.4 Å². The van der Waals surface area contributed by atoms with E-state index in [2.05, 4.69) is 6.58 Å². The third-order valence-corrected chi connectivity index (χ3v) is 4.76. The molecule has 0 aromatic heterocycles. The first-order valence-corrected chi connectivity index (χ1v) is 7.19. The summed E-state index contributed by atoms with van der Waals surface area (Å²) >= 11 is 5.59. The van der Waals surface area contributed by atoms with Crippen LogP contribution >= 0.6 is 11.6 Å². The highest BCUT2D eigenvalue weighted by atomic mass is 35.5. The number of hydrogen-bond acceptors (Lipinski definition) is 2. The highest BCUT2D eigenvalue weighted by Crippen LogP contribution is 2.08. The van der Waals surface area contributed by atoms with E-state index in [4.69, 9.17) is 11.6 Å². The maximum Gasteiger partial charge on any atom is 0.214 e. The van der Waals surface area contributed by atoms with Gasteiger partial charge in [-0.05, 0) is 18.8 Å². The third kappa shape index (κ3) is 6.17. The highest BCUT2D eigenvalue weighted by Gasteiger charge is 2.19. The lowest BCUT2D eigenvalue weighted by Crippen LogP contribution is -2.32. The Morgan fingerprint density at radius 1 is 1.53 bits per heavy atom. The predicted molar refractivity (Wildman–Crippen MR) is 65.7 cm³/mol. The highest BCUT2D eigenvalue weighted by molar-refractivity contribution is 7.89. The maximum atomic E-state index is 11.7. The van der Waals surface area contributed by atoms with Crippen molar-refractivity contribution >= 4 is 21.6 Å². The standard InChI is InChI=1S/C10H20ClNO2S/c1-4-5-6-7-12(3)15(13,14)9-10(2)8-11/h4,10H,1,5-9H2,2-3H3. The van der Waals surface area contributed by atoms with Gasteiger partial charge in [-0.25, -0.2) is 12.7 Å². The van der Waals surface area contributed by atoms with Gasteiger partial charge in [0.2, 0.25) is 10.0 Å². The molecule has 0 saturated carbocycles. The van der Waals surface area contributed by atoms with Gasteiger partial charge in [0.15, 0.2) is 0 Å². The molecule has 0 aliphatic carbocycles. The van der Waals surface area contributed by atoms with E-state index in [-0.39, 0.29) is 11.7 Å². The molecule has 15 heavy (non-hydrogen) atoms. The average molecular weight is 254 g/mol. The molecule has 0 radical (unpaired) electrons. The van der Waals surface area contributed by atoms with Gasteiger partial charge in [-0.15, -0.1) is 18.2 Å². The van der Waals surface area contributed by atoms with Crippen LogP contribution in [0.15, 0.2) is 12.7 Å². The minimum atomic E-state index is -3.14. The minimum Gasteiger partial charge on any atom is -0.212 e. The minimum absolute atomic E-state index is 0.00137. The van der Waals surface area contributed by atoms with Crippen LogP contribution in [0.2, 0.25) is 0 Å². The van der Waals surface area contributed by atoms with Gasteiger partial charge in [-0.3, -0.25) is 0 Å². The van der Waals surface area contributed by atoms with E-state index in [1.54, 1.807) is 13.1 Å². The molecule has 0 fully saturated rings. The van der Waals surface area contributed by atoms with Crippen molar-refractivity contribution in [1.82, 2.24) is 4.31 Å². The average Bonchev–Trinajstić information content (AvgIpc) is 2.17. The van der Waals surface area contributed by atoms with Crippen LogP contribution in [-0.2, 0) is 10.0 Å². The van der Waals surface area contributed by atoms with Gasteiger partial charge in [0, 0.05) is 19.5 Å². The third-order valence-electron chi connectivity index (χ3n) is 2.11. The number of sulfonamides is 1. The molecule has 0 aromatic rings. The number of hydrogen-bond donors (Lipinski definition) is 0. The van der Waals surface area contributed by atoms with E-state index in [0.717, 1.165) is 12.8 Å². The van der Waals surface area contributed by atoms with E-state index in [9.17, 15) is 8.42 Å². The first-order chi connectivity index (χ1) is 6.94. The Bertz CT molecular complexity index is 277. The SMILES string of the molecule is C=CCCCN(C)S(=O)(=O)CC(C)CCl. The zero-order valence-corrected chi connectivity index (χ0v) is 11.0. The van der Waals surface area contributed by atoms with Crippen molar-refractivity contribution in [3.8, 4) is 0 Å². The Hall–Kier alpha value is -0.0600. The molecule has 1 unspecified atom stereocenters.